The molecule has 0 saturated carbocycles. The van der Waals surface area contributed by atoms with Crippen LogP contribution in [0, 0.1) is 6.92 Å². The summed E-state index contributed by atoms with van der Waals surface area (Å²) in [5.74, 6) is 0.575. The van der Waals surface area contributed by atoms with Gasteiger partial charge in [-0.3, -0.25) is 4.90 Å². The first-order chi connectivity index (χ1) is 9.69. The second-order valence-corrected chi connectivity index (χ2v) is 5.41. The summed E-state index contributed by atoms with van der Waals surface area (Å²) in [4.78, 5) is 6.86. The van der Waals surface area contributed by atoms with Crippen LogP contribution >= 0.6 is 0 Å². The van der Waals surface area contributed by atoms with E-state index in [2.05, 4.69) is 34.4 Å². The van der Waals surface area contributed by atoms with Gasteiger partial charge in [-0.25, -0.2) is 4.98 Å². The number of imidazole rings is 1. The molecule has 20 heavy (non-hydrogen) atoms. The maximum Gasteiger partial charge on any atom is 0.201 e. The zero-order valence-corrected chi connectivity index (χ0v) is 12.2. The molecule has 3 rings (SSSR count). The predicted octanol–water partition coefficient (Wildman–Crippen LogP) is 1.65. The molecular weight excluding hydrogens is 252 g/mol. The number of nitrogens with zero attached hydrogens (tertiary/aromatic N) is 3. The first kappa shape index (κ1) is 13.4. The van der Waals surface area contributed by atoms with Crippen molar-refractivity contribution in [3.05, 3.63) is 23.8 Å². The number of aromatic nitrogens is 2. The van der Waals surface area contributed by atoms with E-state index >= 15 is 0 Å². The van der Waals surface area contributed by atoms with Crippen molar-refractivity contribution >= 4 is 17.0 Å². The predicted molar refractivity (Wildman–Crippen MR) is 80.7 cm³/mol. The molecule has 2 heterocycles. The molecule has 5 nitrogen and oxygen atoms in total. The van der Waals surface area contributed by atoms with Gasteiger partial charge < -0.3 is 15.0 Å². The van der Waals surface area contributed by atoms with Crippen LogP contribution in [0.15, 0.2) is 18.2 Å². The van der Waals surface area contributed by atoms with Gasteiger partial charge in [0.1, 0.15) is 0 Å². The lowest BCUT2D eigenvalue weighted by atomic mass is 10.2. The highest BCUT2D eigenvalue weighted by Crippen LogP contribution is 2.22. The molecule has 1 saturated heterocycles. The number of morpholine rings is 1. The quantitative estimate of drug-likeness (QED) is 0.924. The van der Waals surface area contributed by atoms with Crippen LogP contribution in [0.4, 0.5) is 5.95 Å². The lowest BCUT2D eigenvalue weighted by Gasteiger charge is -2.32. The Bertz CT molecular complexity index is 607. The van der Waals surface area contributed by atoms with Crippen molar-refractivity contribution in [2.75, 3.05) is 32.0 Å². The molecule has 1 unspecified atom stereocenters. The van der Waals surface area contributed by atoms with Crippen molar-refractivity contribution < 1.29 is 4.74 Å². The maximum absolute atomic E-state index is 6.09. The van der Waals surface area contributed by atoms with E-state index < -0.39 is 0 Å². The fraction of sp³-hybridized carbons (Fsp3) is 0.533. The number of para-hydroxylation sites is 1. The summed E-state index contributed by atoms with van der Waals surface area (Å²) in [6, 6.07) is 6.12. The number of aryl methyl sites for hydroxylation is 1. The minimum Gasteiger partial charge on any atom is -0.374 e. The number of nitrogens with two attached hydrogens (primary N) is 1. The van der Waals surface area contributed by atoms with Crippen LogP contribution in [0.3, 0.4) is 0 Å². The third-order valence-electron chi connectivity index (χ3n) is 4.05. The number of benzene rings is 1. The summed E-state index contributed by atoms with van der Waals surface area (Å²) in [6.45, 7) is 8.90. The van der Waals surface area contributed by atoms with Crippen LogP contribution in [0.25, 0.3) is 11.0 Å². The molecule has 1 aliphatic heterocycles. The highest BCUT2D eigenvalue weighted by Gasteiger charge is 2.21. The van der Waals surface area contributed by atoms with Crippen molar-refractivity contribution in [3.63, 3.8) is 0 Å². The first-order valence-corrected chi connectivity index (χ1v) is 7.24. The van der Waals surface area contributed by atoms with E-state index in [1.165, 1.54) is 5.56 Å². The van der Waals surface area contributed by atoms with Crippen LogP contribution < -0.4 is 5.73 Å². The van der Waals surface area contributed by atoms with Crippen molar-refractivity contribution in [1.82, 2.24) is 14.5 Å². The van der Waals surface area contributed by atoms with E-state index in [0.29, 0.717) is 5.95 Å². The Hall–Kier alpha value is -1.59. The average molecular weight is 274 g/mol. The number of ether oxygens (including phenoxy) is 1. The molecule has 1 atom stereocenters. The topological polar surface area (TPSA) is 56.3 Å². The number of nitrogen functional groups attached to an aromatic ring is 1. The molecule has 108 valence electrons. The van der Waals surface area contributed by atoms with Gasteiger partial charge in [0.05, 0.1) is 30.3 Å². The largest absolute Gasteiger partial charge is 0.374 e. The van der Waals surface area contributed by atoms with Crippen LogP contribution in [0.2, 0.25) is 0 Å². The summed E-state index contributed by atoms with van der Waals surface area (Å²) in [7, 11) is 0. The second kappa shape index (κ2) is 5.42. The van der Waals surface area contributed by atoms with Crippen LogP contribution in [0.1, 0.15) is 12.5 Å². The third-order valence-corrected chi connectivity index (χ3v) is 4.05. The Kier molecular flexibility index (Phi) is 3.63. The number of rotatable bonds is 3. The van der Waals surface area contributed by atoms with Crippen molar-refractivity contribution in [2.45, 2.75) is 26.5 Å². The van der Waals surface area contributed by atoms with Gasteiger partial charge in [-0.2, -0.15) is 0 Å². The summed E-state index contributed by atoms with van der Waals surface area (Å²) in [5.41, 5.74) is 9.38. The summed E-state index contributed by atoms with van der Waals surface area (Å²) < 4.78 is 7.97. The SMILES string of the molecule is CCN1CCOC(Cn2c(N)nc3cccc(C)c32)C1. The molecule has 0 aliphatic carbocycles. The molecule has 0 bridgehead atoms. The molecule has 0 amide bonds. The number of anilines is 1. The van der Waals surface area contributed by atoms with E-state index in [1.54, 1.807) is 0 Å². The minimum atomic E-state index is 0.183. The maximum atomic E-state index is 6.09. The molecule has 0 spiro atoms. The van der Waals surface area contributed by atoms with Gasteiger partial charge >= 0.3 is 0 Å². The number of hydrogen-bond donors (Lipinski definition) is 1. The molecule has 2 N–H and O–H groups in total. The van der Waals surface area contributed by atoms with E-state index in [9.17, 15) is 0 Å². The lowest BCUT2D eigenvalue weighted by molar-refractivity contribution is -0.0335. The monoisotopic (exact) mass is 274 g/mol. The molecular formula is C15H22N4O. The normalized spacial score (nSPS) is 20.6. The number of fused-ring (bicyclic) bond motifs is 1. The molecule has 0 radical (unpaired) electrons. The van der Waals surface area contributed by atoms with Gasteiger partial charge in [0.15, 0.2) is 0 Å². The Morgan fingerprint density at radius 3 is 3.10 bits per heavy atom. The Morgan fingerprint density at radius 1 is 1.45 bits per heavy atom. The first-order valence-electron chi connectivity index (χ1n) is 7.24. The van der Waals surface area contributed by atoms with Gasteiger partial charge in [-0.05, 0) is 25.1 Å². The Morgan fingerprint density at radius 2 is 2.30 bits per heavy atom. The highest BCUT2D eigenvalue weighted by molar-refractivity contribution is 5.81. The fourth-order valence-electron chi connectivity index (χ4n) is 2.95. The molecule has 1 aliphatic rings. The minimum absolute atomic E-state index is 0.183. The van der Waals surface area contributed by atoms with Crippen molar-refractivity contribution in [3.8, 4) is 0 Å². The highest BCUT2D eigenvalue weighted by atomic mass is 16.5. The molecule has 1 aromatic heterocycles. The zero-order chi connectivity index (χ0) is 14.1. The van der Waals surface area contributed by atoms with Crippen LogP contribution in [0.5, 0.6) is 0 Å². The van der Waals surface area contributed by atoms with Crippen molar-refractivity contribution in [1.29, 1.82) is 0 Å². The second-order valence-electron chi connectivity index (χ2n) is 5.41. The third kappa shape index (κ3) is 2.39. The zero-order valence-electron chi connectivity index (χ0n) is 12.2. The lowest BCUT2D eigenvalue weighted by Crippen LogP contribution is -2.44. The van der Waals surface area contributed by atoms with E-state index in [-0.39, 0.29) is 6.10 Å². The Labute approximate surface area is 119 Å². The van der Waals surface area contributed by atoms with Gasteiger partial charge in [-0.1, -0.05) is 19.1 Å². The van der Waals surface area contributed by atoms with E-state index in [4.69, 9.17) is 10.5 Å². The van der Waals surface area contributed by atoms with Gasteiger partial charge in [0, 0.05) is 13.1 Å². The summed E-state index contributed by atoms with van der Waals surface area (Å²) in [6.07, 6.45) is 0.183. The van der Waals surface area contributed by atoms with Crippen LogP contribution in [-0.2, 0) is 11.3 Å². The summed E-state index contributed by atoms with van der Waals surface area (Å²) >= 11 is 0. The van der Waals surface area contributed by atoms with E-state index in [0.717, 1.165) is 43.8 Å². The van der Waals surface area contributed by atoms with Crippen molar-refractivity contribution in [2.24, 2.45) is 0 Å². The van der Waals surface area contributed by atoms with Gasteiger partial charge in [-0.15, -0.1) is 0 Å². The smallest absolute Gasteiger partial charge is 0.201 e. The summed E-state index contributed by atoms with van der Waals surface area (Å²) in [5, 5.41) is 0. The van der Waals surface area contributed by atoms with Gasteiger partial charge in [0.25, 0.3) is 0 Å². The Balaban J connectivity index is 1.89. The standard InChI is InChI=1S/C15H22N4O/c1-3-18-7-8-20-12(9-18)10-19-14-11(2)5-4-6-13(14)17-15(19)16/h4-6,12H,3,7-10H2,1-2H3,(H2,16,17). The van der Waals surface area contributed by atoms with Crippen LogP contribution in [-0.4, -0.2) is 46.8 Å². The number of hydrogen-bond acceptors (Lipinski definition) is 4. The van der Waals surface area contributed by atoms with Gasteiger partial charge in [0.2, 0.25) is 5.95 Å². The molecule has 1 fully saturated rings. The van der Waals surface area contributed by atoms with E-state index in [1.807, 2.05) is 12.1 Å². The molecule has 5 heteroatoms. The molecule has 2 aromatic rings. The number of likely N-dealkylation sites (N-methyl/N-ethyl adjacent to an activating group) is 1. The fourth-order valence-corrected chi connectivity index (χ4v) is 2.95. The average Bonchev–Trinajstić information content (AvgIpc) is 2.77. The molecule has 1 aromatic carbocycles.